The van der Waals surface area contributed by atoms with E-state index in [1.54, 1.807) is 0 Å². The third kappa shape index (κ3) is 4.33. The Morgan fingerprint density at radius 3 is 2.14 bits per heavy atom. The van der Waals surface area contributed by atoms with Crippen LogP contribution in [0.5, 0.6) is 0 Å². The van der Waals surface area contributed by atoms with Crippen molar-refractivity contribution in [3.63, 3.8) is 0 Å². The summed E-state index contributed by atoms with van der Waals surface area (Å²) in [6.07, 6.45) is 2.85. The zero-order valence-corrected chi connectivity index (χ0v) is 16.2. The van der Waals surface area contributed by atoms with Crippen molar-refractivity contribution in [2.75, 3.05) is 0 Å². The molecule has 3 N–H and O–H groups in total. The molecule has 154 valence electrons. The number of aromatic nitrogens is 3. The number of hydrogen-bond donors (Lipinski definition) is 3. The normalized spacial score (nSPS) is 13.0. The number of pyridine rings is 1. The third-order valence-corrected chi connectivity index (χ3v) is 4.39. The summed E-state index contributed by atoms with van der Waals surface area (Å²) in [6, 6.07) is 7.48. The Labute approximate surface area is 166 Å². The first-order valence-corrected chi connectivity index (χ1v) is 8.99. The summed E-state index contributed by atoms with van der Waals surface area (Å²) < 4.78 is 42.8. The minimum absolute atomic E-state index is 0.135. The first kappa shape index (κ1) is 21.0. The number of H-pyrrole nitrogens is 1. The van der Waals surface area contributed by atoms with Crippen LogP contribution in [0.2, 0.25) is 0 Å². The maximum absolute atomic E-state index is 14.9. The number of rotatable bonds is 5. The molecule has 8 heteroatoms. The molecule has 5 nitrogen and oxygen atoms in total. The lowest BCUT2D eigenvalue weighted by Gasteiger charge is -2.29. The van der Waals surface area contributed by atoms with Crippen molar-refractivity contribution in [1.82, 2.24) is 15.0 Å². The second-order valence-corrected chi connectivity index (χ2v) is 8.18. The van der Waals surface area contributed by atoms with Gasteiger partial charge >= 0.3 is 5.92 Å². The highest BCUT2D eigenvalue weighted by Crippen LogP contribution is 2.43. The summed E-state index contributed by atoms with van der Waals surface area (Å²) in [5.41, 5.74) is 0.662. The predicted octanol–water partition coefficient (Wildman–Crippen LogP) is 4.13. The van der Waals surface area contributed by atoms with Crippen molar-refractivity contribution in [2.24, 2.45) is 5.41 Å². The maximum Gasteiger partial charge on any atom is 0.333 e. The topological polar surface area (TPSA) is 82.0 Å². The Bertz CT molecular complexity index is 976. The van der Waals surface area contributed by atoms with E-state index in [1.807, 2.05) is 20.8 Å². The van der Waals surface area contributed by atoms with Crippen LogP contribution < -0.4 is 0 Å². The fourth-order valence-electron chi connectivity index (χ4n) is 2.94. The van der Waals surface area contributed by atoms with Crippen molar-refractivity contribution >= 4 is 0 Å². The van der Waals surface area contributed by atoms with Crippen molar-refractivity contribution in [2.45, 2.75) is 38.9 Å². The van der Waals surface area contributed by atoms with Crippen LogP contribution in [0, 0.1) is 11.2 Å². The molecule has 0 aliphatic heterocycles. The van der Waals surface area contributed by atoms with Gasteiger partial charge in [0, 0.05) is 23.0 Å². The smallest absolute Gasteiger partial charge is 0.333 e. The van der Waals surface area contributed by atoms with Gasteiger partial charge in [-0.1, -0.05) is 45.0 Å². The Kier molecular flexibility index (Phi) is 5.27. The first-order valence-electron chi connectivity index (χ1n) is 8.99. The number of halogens is 3. The second-order valence-electron chi connectivity index (χ2n) is 8.18. The Hall–Kier alpha value is -2.71. The van der Waals surface area contributed by atoms with Gasteiger partial charge in [-0.15, -0.1) is 0 Å². The molecule has 0 atom stereocenters. The van der Waals surface area contributed by atoms with Gasteiger partial charge in [0.15, 0.2) is 5.82 Å². The van der Waals surface area contributed by atoms with E-state index in [1.165, 1.54) is 30.5 Å². The van der Waals surface area contributed by atoms with Crippen molar-refractivity contribution < 1.29 is 23.4 Å². The van der Waals surface area contributed by atoms with Crippen LogP contribution in [0.15, 0.2) is 48.8 Å². The molecule has 2 aromatic heterocycles. The van der Waals surface area contributed by atoms with Gasteiger partial charge in [-0.3, -0.25) is 4.98 Å². The van der Waals surface area contributed by atoms with Gasteiger partial charge in [0.2, 0.25) is 0 Å². The quantitative estimate of drug-likeness (QED) is 0.558. The van der Waals surface area contributed by atoms with Crippen LogP contribution in [0.3, 0.4) is 0 Å². The van der Waals surface area contributed by atoms with E-state index < -0.39 is 28.9 Å². The molecule has 0 saturated heterocycles. The lowest BCUT2D eigenvalue weighted by atomic mass is 9.91. The van der Waals surface area contributed by atoms with Gasteiger partial charge < -0.3 is 15.2 Å². The van der Waals surface area contributed by atoms with Gasteiger partial charge in [-0.2, -0.15) is 8.78 Å². The molecule has 29 heavy (non-hydrogen) atoms. The number of alkyl halides is 2. The van der Waals surface area contributed by atoms with E-state index in [-0.39, 0.29) is 5.41 Å². The van der Waals surface area contributed by atoms with E-state index in [4.69, 9.17) is 0 Å². The largest absolute Gasteiger partial charge is 0.355 e. The molecule has 3 aromatic rings. The molecule has 0 radical (unpaired) electrons. The van der Waals surface area contributed by atoms with Gasteiger partial charge in [0.25, 0.3) is 5.79 Å². The van der Waals surface area contributed by atoms with E-state index in [9.17, 15) is 23.4 Å². The first-order chi connectivity index (χ1) is 13.4. The molecular formula is C21H22F3N3O2. The standard InChI is InChI=1S/C21H22F3N3O2/c1-19(2,3)10-16-12-26-18(27-16)21(28,29)20(23,24)14-6-4-13(5-7-14)17-9-8-15(22)11-25-17/h4-9,11-12,28-29H,10H2,1-3H3,(H,26,27). The Morgan fingerprint density at radius 2 is 1.59 bits per heavy atom. The molecule has 2 heterocycles. The van der Waals surface area contributed by atoms with Crippen LogP contribution in [0.1, 0.15) is 37.9 Å². The number of aliphatic hydroxyl groups is 2. The van der Waals surface area contributed by atoms with Gasteiger partial charge in [0.1, 0.15) is 5.82 Å². The summed E-state index contributed by atoms with van der Waals surface area (Å²) in [5.74, 6) is -8.71. The maximum atomic E-state index is 14.9. The molecule has 0 aliphatic rings. The van der Waals surface area contributed by atoms with Crippen LogP contribution in [-0.4, -0.2) is 25.2 Å². The highest BCUT2D eigenvalue weighted by Gasteiger charge is 2.56. The number of hydrogen-bond acceptors (Lipinski definition) is 4. The second kappa shape index (κ2) is 7.27. The lowest BCUT2D eigenvalue weighted by molar-refractivity contribution is -0.316. The van der Waals surface area contributed by atoms with E-state index in [2.05, 4.69) is 15.0 Å². The molecule has 0 fully saturated rings. The van der Waals surface area contributed by atoms with Crippen LogP contribution in [0.4, 0.5) is 13.2 Å². The summed E-state index contributed by atoms with van der Waals surface area (Å²) in [4.78, 5) is 10.2. The lowest BCUT2D eigenvalue weighted by Crippen LogP contribution is -2.44. The molecular weight excluding hydrogens is 383 g/mol. The van der Waals surface area contributed by atoms with Gasteiger partial charge in [-0.05, 0) is 24.0 Å². The molecule has 0 amide bonds. The molecule has 1 aromatic carbocycles. The molecule has 0 spiro atoms. The van der Waals surface area contributed by atoms with Crippen molar-refractivity contribution in [1.29, 1.82) is 0 Å². The zero-order valence-electron chi connectivity index (χ0n) is 16.2. The SMILES string of the molecule is CC(C)(C)Cc1cnc(C(O)(O)C(F)(F)c2ccc(-c3ccc(F)cn3)cc2)[nH]1. The minimum Gasteiger partial charge on any atom is -0.355 e. The number of nitrogens with one attached hydrogen (secondary N) is 1. The molecule has 0 bridgehead atoms. The highest BCUT2D eigenvalue weighted by atomic mass is 19.3. The Morgan fingerprint density at radius 1 is 0.931 bits per heavy atom. The summed E-state index contributed by atoms with van der Waals surface area (Å²) in [5, 5.41) is 20.5. The molecule has 0 saturated carbocycles. The van der Waals surface area contributed by atoms with Crippen LogP contribution >= 0.6 is 0 Å². The Balaban J connectivity index is 1.87. The summed E-state index contributed by atoms with van der Waals surface area (Å²) in [6.45, 7) is 5.89. The van der Waals surface area contributed by atoms with E-state index in [0.29, 0.717) is 23.4 Å². The number of imidazole rings is 1. The fraction of sp³-hybridized carbons (Fsp3) is 0.333. The number of nitrogens with zero attached hydrogens (tertiary/aromatic N) is 2. The van der Waals surface area contributed by atoms with Crippen LogP contribution in [-0.2, 0) is 18.1 Å². The van der Waals surface area contributed by atoms with Crippen LogP contribution in [0.25, 0.3) is 11.3 Å². The van der Waals surface area contributed by atoms with Crippen molar-refractivity contribution in [3.8, 4) is 11.3 Å². The molecule has 3 rings (SSSR count). The monoisotopic (exact) mass is 405 g/mol. The third-order valence-electron chi connectivity index (χ3n) is 4.39. The highest BCUT2D eigenvalue weighted by molar-refractivity contribution is 5.59. The molecule has 0 unspecified atom stereocenters. The summed E-state index contributed by atoms with van der Waals surface area (Å²) in [7, 11) is 0. The fourth-order valence-corrected chi connectivity index (χ4v) is 2.94. The van der Waals surface area contributed by atoms with Gasteiger partial charge in [-0.25, -0.2) is 9.37 Å². The summed E-state index contributed by atoms with van der Waals surface area (Å²) >= 11 is 0. The number of benzene rings is 1. The van der Waals surface area contributed by atoms with Gasteiger partial charge in [0.05, 0.1) is 11.9 Å². The predicted molar refractivity (Wildman–Crippen MR) is 101 cm³/mol. The minimum atomic E-state index is -4.04. The average molecular weight is 405 g/mol. The van der Waals surface area contributed by atoms with E-state index >= 15 is 0 Å². The van der Waals surface area contributed by atoms with E-state index in [0.717, 1.165) is 18.3 Å². The average Bonchev–Trinajstić information content (AvgIpc) is 3.09. The number of aromatic amines is 1. The van der Waals surface area contributed by atoms with Crippen molar-refractivity contribution in [3.05, 3.63) is 71.7 Å². The molecule has 0 aliphatic carbocycles. The zero-order chi connectivity index (χ0) is 21.4.